The molecule has 10 heteroatoms. The molecule has 0 aliphatic rings. The predicted molar refractivity (Wildman–Crippen MR) is 94.6 cm³/mol. The maximum absolute atomic E-state index is 15.1. The van der Waals surface area contributed by atoms with Gasteiger partial charge in [-0.3, -0.25) is 4.79 Å². The molecule has 134 valence electrons. The summed E-state index contributed by atoms with van der Waals surface area (Å²) in [7, 11) is 1.36. The van der Waals surface area contributed by atoms with E-state index in [9.17, 15) is 4.79 Å². The van der Waals surface area contributed by atoms with E-state index in [-0.39, 0.29) is 39.6 Å². The van der Waals surface area contributed by atoms with E-state index in [1.807, 2.05) is 6.07 Å². The van der Waals surface area contributed by atoms with Gasteiger partial charge >= 0.3 is 6.01 Å². The van der Waals surface area contributed by atoms with E-state index in [4.69, 9.17) is 15.7 Å². The van der Waals surface area contributed by atoms with Crippen molar-refractivity contribution < 1.29 is 13.9 Å². The Bertz CT molecular complexity index is 1280. The number of aromatic amines is 1. The molecule has 1 aromatic carbocycles. The van der Waals surface area contributed by atoms with Crippen molar-refractivity contribution in [1.82, 2.24) is 24.7 Å². The highest BCUT2D eigenvalue weighted by atomic mass is 19.1. The van der Waals surface area contributed by atoms with E-state index < -0.39 is 11.7 Å². The molecule has 3 aromatic heterocycles. The minimum absolute atomic E-state index is 0.00452. The summed E-state index contributed by atoms with van der Waals surface area (Å²) < 4.78 is 21.1. The average molecular weight is 365 g/mol. The van der Waals surface area contributed by atoms with E-state index in [1.54, 1.807) is 12.1 Å². The van der Waals surface area contributed by atoms with Gasteiger partial charge in [-0.1, -0.05) is 0 Å². The van der Waals surface area contributed by atoms with Crippen molar-refractivity contribution in [3.05, 3.63) is 29.6 Å². The number of nitrogens with zero attached hydrogens (tertiary/aromatic N) is 5. The molecule has 3 N–H and O–H groups in total. The lowest BCUT2D eigenvalue weighted by Gasteiger charge is -2.02. The van der Waals surface area contributed by atoms with Crippen LogP contribution in [0.15, 0.2) is 18.2 Å². The molecule has 0 amide bonds. The highest BCUT2D eigenvalue weighted by molar-refractivity contribution is 6.03. The number of halogens is 1. The molecular formula is C17H12FN7O2. The van der Waals surface area contributed by atoms with E-state index in [1.165, 1.54) is 20.1 Å². The van der Waals surface area contributed by atoms with Gasteiger partial charge in [-0.15, -0.1) is 0 Å². The topological polar surface area (TPSA) is 136 Å². The van der Waals surface area contributed by atoms with Crippen LogP contribution in [0.1, 0.15) is 17.3 Å². The number of fused-ring (bicyclic) bond motifs is 2. The number of nitriles is 1. The molecule has 0 aliphatic heterocycles. The van der Waals surface area contributed by atoms with Crippen LogP contribution >= 0.6 is 0 Å². The van der Waals surface area contributed by atoms with Crippen LogP contribution in [0.25, 0.3) is 33.3 Å². The van der Waals surface area contributed by atoms with Gasteiger partial charge in [0.1, 0.15) is 17.2 Å². The van der Waals surface area contributed by atoms with Gasteiger partial charge in [0.2, 0.25) is 5.91 Å². The lowest BCUT2D eigenvalue weighted by molar-refractivity contribution is 0.0926. The van der Waals surface area contributed by atoms with Crippen molar-refractivity contribution in [2.24, 2.45) is 0 Å². The van der Waals surface area contributed by atoms with E-state index >= 15 is 4.39 Å². The number of H-pyrrole nitrogens is 1. The Balaban J connectivity index is 2.08. The number of nitrogens with two attached hydrogens (primary N) is 1. The molecule has 4 aromatic rings. The second-order valence-electron chi connectivity index (χ2n) is 5.76. The number of carbonyl (C=O) groups is 1. The minimum atomic E-state index is -0.618. The zero-order valence-corrected chi connectivity index (χ0v) is 14.2. The van der Waals surface area contributed by atoms with Gasteiger partial charge in [0, 0.05) is 17.8 Å². The lowest BCUT2D eigenvalue weighted by atomic mass is 10.1. The first-order valence-electron chi connectivity index (χ1n) is 7.77. The Kier molecular flexibility index (Phi) is 3.52. The molecule has 27 heavy (non-hydrogen) atoms. The Hall–Kier alpha value is -4.00. The van der Waals surface area contributed by atoms with Gasteiger partial charge in [-0.05, 0) is 18.2 Å². The highest BCUT2D eigenvalue weighted by Crippen LogP contribution is 2.35. The monoisotopic (exact) mass is 365 g/mol. The van der Waals surface area contributed by atoms with E-state index in [0.29, 0.717) is 11.1 Å². The summed E-state index contributed by atoms with van der Waals surface area (Å²) >= 11 is 0. The molecule has 0 atom stereocenters. The molecule has 9 nitrogen and oxygen atoms in total. The summed E-state index contributed by atoms with van der Waals surface area (Å²) in [5.41, 5.74) is 7.01. The Morgan fingerprint density at radius 1 is 1.41 bits per heavy atom. The first kappa shape index (κ1) is 16.5. The molecule has 3 heterocycles. The van der Waals surface area contributed by atoms with Crippen LogP contribution in [0.2, 0.25) is 0 Å². The molecule has 0 saturated heterocycles. The maximum atomic E-state index is 15.1. The number of rotatable bonds is 2. The Labute approximate surface area is 151 Å². The zero-order chi connectivity index (χ0) is 19.3. The highest BCUT2D eigenvalue weighted by Gasteiger charge is 2.25. The summed E-state index contributed by atoms with van der Waals surface area (Å²) in [6.07, 6.45) is 0. The fourth-order valence-corrected chi connectivity index (χ4v) is 2.90. The SMILES string of the molecule is COc1nc(N)c2c(-c3[nH]c4ccc(C#N)cc4c3F)nn(C(C)=O)c2n1. The Morgan fingerprint density at radius 2 is 2.19 bits per heavy atom. The van der Waals surface area contributed by atoms with E-state index in [2.05, 4.69) is 20.1 Å². The molecular weight excluding hydrogens is 353 g/mol. The average Bonchev–Trinajstić information content (AvgIpc) is 3.19. The largest absolute Gasteiger partial charge is 0.467 e. The van der Waals surface area contributed by atoms with Crippen LogP contribution in [0.3, 0.4) is 0 Å². The number of anilines is 1. The third-order valence-corrected chi connectivity index (χ3v) is 4.12. The fourth-order valence-electron chi connectivity index (χ4n) is 2.90. The molecule has 0 unspecified atom stereocenters. The van der Waals surface area contributed by atoms with Gasteiger partial charge in [0.05, 0.1) is 24.1 Å². The summed E-state index contributed by atoms with van der Waals surface area (Å²) in [6.45, 7) is 1.29. The van der Waals surface area contributed by atoms with E-state index in [0.717, 1.165) is 4.68 Å². The maximum Gasteiger partial charge on any atom is 0.320 e. The number of methoxy groups -OCH3 is 1. The van der Waals surface area contributed by atoms with Crippen molar-refractivity contribution in [3.8, 4) is 23.5 Å². The smallest absolute Gasteiger partial charge is 0.320 e. The van der Waals surface area contributed by atoms with Crippen LogP contribution in [-0.4, -0.2) is 37.7 Å². The molecule has 0 fully saturated rings. The standard InChI is InChI=1S/C17H12FN7O2/c1-7(26)25-16-11(15(20)22-17(23-16)27-2)13(24-25)14-12(18)9-5-8(6-19)3-4-10(9)21-14/h3-5,21H,1-2H3,(H2,20,22,23). The molecule has 0 saturated carbocycles. The first-order valence-corrected chi connectivity index (χ1v) is 7.77. The summed E-state index contributed by atoms with van der Waals surface area (Å²) in [6, 6.07) is 6.51. The number of hydrogen-bond donors (Lipinski definition) is 2. The van der Waals surface area contributed by atoms with Gasteiger partial charge < -0.3 is 15.5 Å². The lowest BCUT2D eigenvalue weighted by Crippen LogP contribution is -2.09. The first-order chi connectivity index (χ1) is 12.9. The van der Waals surface area contributed by atoms with Crippen LogP contribution in [-0.2, 0) is 0 Å². The van der Waals surface area contributed by atoms with Crippen molar-refractivity contribution in [2.45, 2.75) is 6.92 Å². The number of aromatic nitrogens is 5. The molecule has 0 radical (unpaired) electrons. The molecule has 0 bridgehead atoms. The van der Waals surface area contributed by atoms with Gasteiger partial charge in [-0.25, -0.2) is 4.39 Å². The minimum Gasteiger partial charge on any atom is -0.467 e. The number of nitrogen functional groups attached to an aromatic ring is 1. The number of carbonyl (C=O) groups excluding carboxylic acids is 1. The summed E-state index contributed by atoms with van der Waals surface area (Å²) in [4.78, 5) is 23.0. The second kappa shape index (κ2) is 5.77. The van der Waals surface area contributed by atoms with Crippen LogP contribution < -0.4 is 10.5 Å². The molecule has 0 aliphatic carbocycles. The number of benzene rings is 1. The molecule has 0 spiro atoms. The van der Waals surface area contributed by atoms with Gasteiger partial charge in [0.15, 0.2) is 11.5 Å². The van der Waals surface area contributed by atoms with Crippen molar-refractivity contribution in [2.75, 3.05) is 12.8 Å². The number of hydrogen-bond acceptors (Lipinski definition) is 7. The third-order valence-electron chi connectivity index (χ3n) is 4.12. The van der Waals surface area contributed by atoms with Crippen LogP contribution in [0.5, 0.6) is 6.01 Å². The number of ether oxygens (including phenoxy) is 1. The summed E-state index contributed by atoms with van der Waals surface area (Å²) in [5.74, 6) is -1.06. The van der Waals surface area contributed by atoms with Crippen molar-refractivity contribution >= 4 is 33.7 Å². The zero-order valence-electron chi connectivity index (χ0n) is 14.2. The quantitative estimate of drug-likeness (QED) is 0.556. The van der Waals surface area contributed by atoms with Crippen molar-refractivity contribution in [3.63, 3.8) is 0 Å². The van der Waals surface area contributed by atoms with Crippen LogP contribution in [0.4, 0.5) is 10.2 Å². The fraction of sp³-hybridized carbons (Fsp3) is 0.118. The second-order valence-corrected chi connectivity index (χ2v) is 5.76. The molecule has 4 rings (SSSR count). The predicted octanol–water partition coefficient (Wildman–Crippen LogP) is 2.24. The number of nitrogens with one attached hydrogen (secondary N) is 1. The van der Waals surface area contributed by atoms with Crippen LogP contribution in [0, 0.1) is 17.1 Å². The van der Waals surface area contributed by atoms with Crippen molar-refractivity contribution in [1.29, 1.82) is 5.26 Å². The van der Waals surface area contributed by atoms with Gasteiger partial charge in [-0.2, -0.15) is 25.0 Å². The third kappa shape index (κ3) is 2.36. The Morgan fingerprint density at radius 3 is 2.85 bits per heavy atom. The van der Waals surface area contributed by atoms with Gasteiger partial charge in [0.25, 0.3) is 0 Å². The normalized spacial score (nSPS) is 11.0. The summed E-state index contributed by atoms with van der Waals surface area (Å²) in [5, 5.41) is 13.7.